The zero-order valence-corrected chi connectivity index (χ0v) is 21.5. The van der Waals surface area contributed by atoms with Gasteiger partial charge in [0.2, 0.25) is 5.91 Å². The molecule has 2 aliphatic rings. The van der Waals surface area contributed by atoms with Gasteiger partial charge in [-0.2, -0.15) is 0 Å². The van der Waals surface area contributed by atoms with Gasteiger partial charge in [0.1, 0.15) is 5.69 Å². The van der Waals surface area contributed by atoms with Crippen LogP contribution in [-0.2, 0) is 11.3 Å². The molecule has 3 heterocycles. The predicted octanol–water partition coefficient (Wildman–Crippen LogP) is 4.39. The quantitative estimate of drug-likeness (QED) is 0.540. The smallest absolute Gasteiger partial charge is 0.273 e. The largest absolute Gasteiger partial charge is 0.340 e. The molecular formula is C28H33N5O2S. The number of hydrogen-bond donors (Lipinski definition) is 1. The number of anilines is 2. The Morgan fingerprint density at radius 2 is 1.61 bits per heavy atom. The van der Waals surface area contributed by atoms with Crippen molar-refractivity contribution in [3.8, 4) is 0 Å². The van der Waals surface area contributed by atoms with Crippen molar-refractivity contribution in [2.45, 2.75) is 26.3 Å². The van der Waals surface area contributed by atoms with Crippen molar-refractivity contribution in [1.29, 1.82) is 0 Å². The maximum atomic E-state index is 13.1. The van der Waals surface area contributed by atoms with Crippen LogP contribution in [0.15, 0.2) is 60.0 Å². The van der Waals surface area contributed by atoms with E-state index in [9.17, 15) is 9.59 Å². The molecule has 0 atom stereocenters. The van der Waals surface area contributed by atoms with Gasteiger partial charge in [0, 0.05) is 62.8 Å². The molecule has 5 rings (SSSR count). The number of thiazole rings is 1. The lowest BCUT2D eigenvalue weighted by atomic mass is 9.94. The molecule has 0 bridgehead atoms. The lowest BCUT2D eigenvalue weighted by Crippen LogP contribution is -2.51. The van der Waals surface area contributed by atoms with Crippen molar-refractivity contribution in [3.05, 3.63) is 76.8 Å². The first-order valence-electron chi connectivity index (χ1n) is 12.7. The molecular weight excluding hydrogens is 470 g/mol. The van der Waals surface area contributed by atoms with Crippen LogP contribution in [0.5, 0.6) is 0 Å². The molecule has 0 radical (unpaired) electrons. The summed E-state index contributed by atoms with van der Waals surface area (Å²) in [5, 5.41) is 5.78. The molecule has 1 N–H and O–H groups in total. The maximum absolute atomic E-state index is 13.1. The van der Waals surface area contributed by atoms with E-state index in [1.165, 1.54) is 22.5 Å². The zero-order valence-electron chi connectivity index (χ0n) is 20.7. The van der Waals surface area contributed by atoms with Gasteiger partial charge in [-0.05, 0) is 37.5 Å². The Balaban J connectivity index is 1.08. The standard InChI is InChI=1S/C28H33N5O2S/c1-21-7-9-24(10-8-21)29-28-30-25(20-36-28)27(35)32-13-11-23(12-14-32)26(34)33-17-15-31(16-18-33)19-22-5-3-2-4-6-22/h2-10,20,23H,11-19H2,1H3,(H,29,30). The van der Waals surface area contributed by atoms with Crippen molar-refractivity contribution in [3.63, 3.8) is 0 Å². The molecule has 0 aliphatic carbocycles. The number of piperazine rings is 1. The summed E-state index contributed by atoms with van der Waals surface area (Å²) in [6.07, 6.45) is 1.43. The van der Waals surface area contributed by atoms with Gasteiger partial charge in [-0.25, -0.2) is 4.98 Å². The van der Waals surface area contributed by atoms with Gasteiger partial charge in [0.15, 0.2) is 5.13 Å². The minimum atomic E-state index is -0.0522. The summed E-state index contributed by atoms with van der Waals surface area (Å²) in [5.41, 5.74) is 3.93. The fourth-order valence-electron chi connectivity index (χ4n) is 4.91. The van der Waals surface area contributed by atoms with Gasteiger partial charge < -0.3 is 15.1 Å². The predicted molar refractivity (Wildman–Crippen MR) is 144 cm³/mol. The summed E-state index contributed by atoms with van der Waals surface area (Å²) in [7, 11) is 0. The van der Waals surface area contributed by atoms with E-state index in [-0.39, 0.29) is 17.7 Å². The van der Waals surface area contributed by atoms with Crippen LogP contribution in [0.2, 0.25) is 0 Å². The monoisotopic (exact) mass is 503 g/mol. The van der Waals surface area contributed by atoms with Crippen molar-refractivity contribution in [2.75, 3.05) is 44.6 Å². The number of carbonyl (C=O) groups excluding carboxylic acids is 2. The zero-order chi connectivity index (χ0) is 24.9. The average molecular weight is 504 g/mol. The van der Waals surface area contributed by atoms with Gasteiger partial charge in [0.25, 0.3) is 5.91 Å². The third-order valence-corrected chi connectivity index (χ3v) is 7.85. The first-order valence-corrected chi connectivity index (χ1v) is 13.6. The second-order valence-electron chi connectivity index (χ2n) is 9.68. The molecule has 3 aromatic rings. The van der Waals surface area contributed by atoms with Crippen molar-refractivity contribution < 1.29 is 9.59 Å². The van der Waals surface area contributed by atoms with E-state index in [2.05, 4.69) is 39.5 Å². The van der Waals surface area contributed by atoms with Crippen molar-refractivity contribution in [2.24, 2.45) is 5.92 Å². The van der Waals surface area contributed by atoms with Gasteiger partial charge in [0.05, 0.1) is 0 Å². The van der Waals surface area contributed by atoms with Crippen LogP contribution in [0.25, 0.3) is 0 Å². The molecule has 0 spiro atoms. The summed E-state index contributed by atoms with van der Waals surface area (Å²) in [6.45, 7) is 7.54. The third-order valence-electron chi connectivity index (χ3n) is 7.09. The summed E-state index contributed by atoms with van der Waals surface area (Å²) in [4.78, 5) is 36.9. The number of aryl methyl sites for hydroxylation is 1. The molecule has 7 nitrogen and oxygen atoms in total. The van der Waals surface area contributed by atoms with Crippen LogP contribution < -0.4 is 5.32 Å². The molecule has 2 aliphatic heterocycles. The number of piperidine rings is 1. The topological polar surface area (TPSA) is 68.8 Å². The van der Waals surface area contributed by atoms with Crippen LogP contribution in [0.3, 0.4) is 0 Å². The fraction of sp³-hybridized carbons (Fsp3) is 0.393. The molecule has 36 heavy (non-hydrogen) atoms. The number of hydrogen-bond acceptors (Lipinski definition) is 6. The van der Waals surface area contributed by atoms with E-state index in [1.807, 2.05) is 52.4 Å². The number of aromatic nitrogens is 1. The van der Waals surface area contributed by atoms with Crippen LogP contribution in [0, 0.1) is 12.8 Å². The van der Waals surface area contributed by atoms with Crippen LogP contribution in [0.4, 0.5) is 10.8 Å². The molecule has 2 saturated heterocycles. The Hall–Kier alpha value is -3.23. The maximum Gasteiger partial charge on any atom is 0.273 e. The van der Waals surface area contributed by atoms with Crippen LogP contribution in [0.1, 0.15) is 34.5 Å². The normalized spacial score (nSPS) is 17.2. The summed E-state index contributed by atoms with van der Waals surface area (Å²) in [6, 6.07) is 18.6. The number of rotatable bonds is 6. The molecule has 2 fully saturated rings. The van der Waals surface area contributed by atoms with Gasteiger partial charge in [-0.3, -0.25) is 14.5 Å². The van der Waals surface area contributed by atoms with E-state index in [0.717, 1.165) is 38.4 Å². The van der Waals surface area contributed by atoms with E-state index in [4.69, 9.17) is 0 Å². The Bertz CT molecular complexity index is 1160. The first kappa shape index (κ1) is 24.5. The molecule has 0 saturated carbocycles. The van der Waals surface area contributed by atoms with Crippen molar-refractivity contribution >= 4 is 34.0 Å². The lowest BCUT2D eigenvalue weighted by Gasteiger charge is -2.38. The number of likely N-dealkylation sites (tertiary alicyclic amines) is 1. The molecule has 8 heteroatoms. The highest BCUT2D eigenvalue weighted by atomic mass is 32.1. The highest BCUT2D eigenvalue weighted by Crippen LogP contribution is 2.25. The lowest BCUT2D eigenvalue weighted by molar-refractivity contribution is -0.138. The van der Waals surface area contributed by atoms with Gasteiger partial charge >= 0.3 is 0 Å². The van der Waals surface area contributed by atoms with Crippen LogP contribution >= 0.6 is 11.3 Å². The second kappa shape index (κ2) is 11.2. The molecule has 1 aromatic heterocycles. The van der Waals surface area contributed by atoms with E-state index < -0.39 is 0 Å². The van der Waals surface area contributed by atoms with Crippen LogP contribution in [-0.4, -0.2) is 70.8 Å². The molecule has 0 unspecified atom stereocenters. The van der Waals surface area contributed by atoms with E-state index in [1.54, 1.807) is 0 Å². The Labute approximate surface area is 216 Å². The number of carbonyl (C=O) groups is 2. The van der Waals surface area contributed by atoms with E-state index >= 15 is 0 Å². The molecule has 2 amide bonds. The average Bonchev–Trinajstić information content (AvgIpc) is 3.39. The van der Waals surface area contributed by atoms with Gasteiger partial charge in [-0.15, -0.1) is 11.3 Å². The van der Waals surface area contributed by atoms with Crippen molar-refractivity contribution in [1.82, 2.24) is 19.7 Å². The number of benzene rings is 2. The summed E-state index contributed by atoms with van der Waals surface area (Å²) in [5.74, 6) is 0.201. The Morgan fingerprint density at radius 1 is 0.917 bits per heavy atom. The summed E-state index contributed by atoms with van der Waals surface area (Å²) < 4.78 is 0. The summed E-state index contributed by atoms with van der Waals surface area (Å²) >= 11 is 1.43. The number of nitrogens with zero attached hydrogens (tertiary/aromatic N) is 4. The fourth-order valence-corrected chi connectivity index (χ4v) is 5.61. The first-order chi connectivity index (χ1) is 17.5. The van der Waals surface area contributed by atoms with E-state index in [0.29, 0.717) is 36.8 Å². The minimum absolute atomic E-state index is 0.00363. The highest BCUT2D eigenvalue weighted by Gasteiger charge is 2.32. The Morgan fingerprint density at radius 3 is 2.31 bits per heavy atom. The number of amides is 2. The minimum Gasteiger partial charge on any atom is -0.340 e. The second-order valence-corrected chi connectivity index (χ2v) is 10.5. The van der Waals surface area contributed by atoms with Gasteiger partial charge in [-0.1, -0.05) is 48.0 Å². The Kier molecular flexibility index (Phi) is 7.63. The highest BCUT2D eigenvalue weighted by molar-refractivity contribution is 7.14. The molecule has 2 aromatic carbocycles. The molecule has 188 valence electrons. The number of nitrogens with one attached hydrogen (secondary N) is 1. The SMILES string of the molecule is Cc1ccc(Nc2nc(C(=O)N3CCC(C(=O)N4CCN(Cc5ccccc5)CC4)CC3)cs2)cc1. The third kappa shape index (κ3) is 5.94.